The molecule has 1 amide bonds. The van der Waals surface area contributed by atoms with Crippen molar-refractivity contribution in [2.45, 2.75) is 13.3 Å². The molecule has 0 fully saturated rings. The van der Waals surface area contributed by atoms with Gasteiger partial charge in [-0.3, -0.25) is 10.1 Å². The van der Waals surface area contributed by atoms with Gasteiger partial charge in [0.1, 0.15) is 11.5 Å². The molecule has 0 spiro atoms. The van der Waals surface area contributed by atoms with Crippen LogP contribution in [0.3, 0.4) is 0 Å². The van der Waals surface area contributed by atoms with Crippen molar-refractivity contribution in [1.29, 1.82) is 0 Å². The molecule has 0 unspecified atom stereocenters. The molecule has 1 aromatic heterocycles. The number of hydrogen-bond acceptors (Lipinski definition) is 5. The van der Waals surface area contributed by atoms with Crippen molar-refractivity contribution in [2.24, 2.45) is 0 Å². The van der Waals surface area contributed by atoms with Gasteiger partial charge in [0, 0.05) is 5.56 Å². The van der Waals surface area contributed by atoms with Gasteiger partial charge in [0.05, 0.1) is 6.42 Å². The van der Waals surface area contributed by atoms with Crippen LogP contribution >= 0.6 is 0 Å². The highest BCUT2D eigenvalue weighted by Gasteiger charge is 2.13. The van der Waals surface area contributed by atoms with Gasteiger partial charge in [-0.15, -0.1) is 5.10 Å². The number of hydrogen-bond donors (Lipinski definition) is 1. The Labute approximate surface area is 168 Å². The minimum Gasteiger partial charge on any atom is -0.457 e. The summed E-state index contributed by atoms with van der Waals surface area (Å²) in [4.78, 5) is 12.5. The summed E-state index contributed by atoms with van der Waals surface area (Å²) in [5.74, 6) is 1.34. The average Bonchev–Trinajstić information content (AvgIpc) is 3.17. The first kappa shape index (κ1) is 18.4. The SMILES string of the molecule is Cc1ccc(Cc2nnc(NC(=O)c3cccc(Oc4ccccc4)c3)o2)cc1. The second-order valence-corrected chi connectivity index (χ2v) is 6.56. The van der Waals surface area contributed by atoms with E-state index in [9.17, 15) is 4.79 Å². The number of para-hydroxylation sites is 1. The van der Waals surface area contributed by atoms with E-state index in [0.717, 1.165) is 5.56 Å². The summed E-state index contributed by atoms with van der Waals surface area (Å²) in [6.45, 7) is 2.03. The van der Waals surface area contributed by atoms with Crippen molar-refractivity contribution in [3.8, 4) is 11.5 Å². The molecular weight excluding hydrogens is 366 g/mol. The van der Waals surface area contributed by atoms with Gasteiger partial charge in [-0.25, -0.2) is 0 Å². The fourth-order valence-electron chi connectivity index (χ4n) is 2.75. The Hall–Kier alpha value is -3.93. The van der Waals surface area contributed by atoms with Gasteiger partial charge in [-0.2, -0.15) is 0 Å². The van der Waals surface area contributed by atoms with Gasteiger partial charge in [-0.1, -0.05) is 59.2 Å². The lowest BCUT2D eigenvalue weighted by Crippen LogP contribution is -2.12. The first-order valence-electron chi connectivity index (χ1n) is 9.18. The van der Waals surface area contributed by atoms with Gasteiger partial charge in [0.2, 0.25) is 5.89 Å². The highest BCUT2D eigenvalue weighted by Crippen LogP contribution is 2.22. The van der Waals surface area contributed by atoms with Crippen LogP contribution in [-0.4, -0.2) is 16.1 Å². The van der Waals surface area contributed by atoms with Gasteiger partial charge < -0.3 is 9.15 Å². The fourth-order valence-corrected chi connectivity index (χ4v) is 2.75. The molecule has 0 aliphatic carbocycles. The topological polar surface area (TPSA) is 77.2 Å². The standard InChI is InChI=1S/C23H19N3O3/c1-16-10-12-17(13-11-16)14-21-25-26-23(29-21)24-22(27)18-6-5-9-20(15-18)28-19-7-3-2-4-8-19/h2-13,15H,14H2,1H3,(H,24,26,27). The third-order valence-electron chi connectivity index (χ3n) is 4.24. The minimum atomic E-state index is -0.353. The number of carbonyl (C=O) groups excluding carboxylic acids is 1. The molecule has 0 saturated carbocycles. The molecule has 4 rings (SSSR count). The summed E-state index contributed by atoms with van der Waals surface area (Å²) in [5, 5.41) is 10.5. The summed E-state index contributed by atoms with van der Waals surface area (Å²) in [7, 11) is 0. The van der Waals surface area contributed by atoms with E-state index in [4.69, 9.17) is 9.15 Å². The monoisotopic (exact) mass is 385 g/mol. The normalized spacial score (nSPS) is 10.5. The first-order valence-corrected chi connectivity index (χ1v) is 9.18. The Balaban J connectivity index is 1.41. The molecule has 0 atom stereocenters. The van der Waals surface area contributed by atoms with Crippen molar-refractivity contribution in [3.63, 3.8) is 0 Å². The fraction of sp³-hybridized carbons (Fsp3) is 0.0870. The molecule has 0 radical (unpaired) electrons. The molecule has 0 aliphatic heterocycles. The third-order valence-corrected chi connectivity index (χ3v) is 4.24. The summed E-state index contributed by atoms with van der Waals surface area (Å²) >= 11 is 0. The van der Waals surface area contributed by atoms with Crippen LogP contribution in [0.1, 0.15) is 27.4 Å². The van der Waals surface area contributed by atoms with Crippen molar-refractivity contribution in [2.75, 3.05) is 5.32 Å². The van der Waals surface area contributed by atoms with E-state index >= 15 is 0 Å². The summed E-state index contributed by atoms with van der Waals surface area (Å²) in [5.41, 5.74) is 2.67. The largest absolute Gasteiger partial charge is 0.457 e. The second-order valence-electron chi connectivity index (χ2n) is 6.56. The lowest BCUT2D eigenvalue weighted by molar-refractivity contribution is 0.102. The number of aryl methyl sites for hydroxylation is 1. The number of carbonyl (C=O) groups is 1. The number of aromatic nitrogens is 2. The Kier molecular flexibility index (Phi) is 5.33. The van der Waals surface area contributed by atoms with E-state index < -0.39 is 0 Å². The highest BCUT2D eigenvalue weighted by molar-refractivity contribution is 6.03. The number of rotatable bonds is 6. The van der Waals surface area contributed by atoms with E-state index in [2.05, 4.69) is 15.5 Å². The lowest BCUT2D eigenvalue weighted by atomic mass is 10.1. The van der Waals surface area contributed by atoms with Crippen LogP contribution in [-0.2, 0) is 6.42 Å². The predicted molar refractivity (Wildman–Crippen MR) is 109 cm³/mol. The first-order chi connectivity index (χ1) is 14.2. The van der Waals surface area contributed by atoms with E-state index in [1.165, 1.54) is 5.56 Å². The Morgan fingerprint density at radius 2 is 1.69 bits per heavy atom. The maximum Gasteiger partial charge on any atom is 0.322 e. The van der Waals surface area contributed by atoms with E-state index in [1.807, 2.05) is 61.5 Å². The van der Waals surface area contributed by atoms with Crippen LogP contribution in [0.5, 0.6) is 11.5 Å². The van der Waals surface area contributed by atoms with Gasteiger partial charge in [0.25, 0.3) is 5.91 Å². The van der Waals surface area contributed by atoms with Gasteiger partial charge in [0.15, 0.2) is 0 Å². The quantitative estimate of drug-likeness (QED) is 0.505. The molecular formula is C23H19N3O3. The average molecular weight is 385 g/mol. The van der Waals surface area contributed by atoms with Crippen molar-refractivity contribution in [3.05, 3.63) is 101 Å². The molecule has 1 N–H and O–H groups in total. The molecule has 1 heterocycles. The van der Waals surface area contributed by atoms with Crippen molar-refractivity contribution < 1.29 is 13.9 Å². The number of amides is 1. The Morgan fingerprint density at radius 1 is 0.931 bits per heavy atom. The Morgan fingerprint density at radius 3 is 2.48 bits per heavy atom. The maximum absolute atomic E-state index is 12.5. The molecule has 144 valence electrons. The third kappa shape index (κ3) is 4.87. The van der Waals surface area contributed by atoms with Crippen molar-refractivity contribution in [1.82, 2.24) is 10.2 Å². The molecule has 0 aliphatic rings. The number of nitrogens with one attached hydrogen (secondary N) is 1. The smallest absolute Gasteiger partial charge is 0.322 e. The zero-order valence-corrected chi connectivity index (χ0v) is 15.8. The summed E-state index contributed by atoms with van der Waals surface area (Å²) in [6.07, 6.45) is 0.504. The molecule has 4 aromatic rings. The molecule has 0 saturated heterocycles. The van der Waals surface area contributed by atoms with Crippen LogP contribution in [0.15, 0.2) is 83.3 Å². The highest BCUT2D eigenvalue weighted by atomic mass is 16.5. The van der Waals surface area contributed by atoms with Crippen LogP contribution in [0.4, 0.5) is 6.01 Å². The van der Waals surface area contributed by atoms with E-state index in [1.54, 1.807) is 24.3 Å². The second kappa shape index (κ2) is 8.39. The summed E-state index contributed by atoms with van der Waals surface area (Å²) in [6, 6.07) is 24.4. The van der Waals surface area contributed by atoms with E-state index in [0.29, 0.717) is 29.4 Å². The number of benzene rings is 3. The van der Waals surface area contributed by atoms with Crippen molar-refractivity contribution >= 4 is 11.9 Å². The van der Waals surface area contributed by atoms with Crippen LogP contribution in [0.25, 0.3) is 0 Å². The van der Waals surface area contributed by atoms with Gasteiger partial charge in [-0.05, 0) is 42.8 Å². The molecule has 0 bridgehead atoms. The molecule has 6 nitrogen and oxygen atoms in total. The van der Waals surface area contributed by atoms with Gasteiger partial charge >= 0.3 is 6.01 Å². The number of nitrogens with zero attached hydrogens (tertiary/aromatic N) is 2. The zero-order chi connectivity index (χ0) is 20.1. The maximum atomic E-state index is 12.5. The molecule has 6 heteroatoms. The predicted octanol–water partition coefficient (Wildman–Crippen LogP) is 5.01. The minimum absolute atomic E-state index is 0.0616. The van der Waals surface area contributed by atoms with E-state index in [-0.39, 0.29) is 11.9 Å². The number of anilines is 1. The van der Waals surface area contributed by atoms with Crippen LogP contribution < -0.4 is 10.1 Å². The number of ether oxygens (including phenoxy) is 1. The summed E-state index contributed by atoms with van der Waals surface area (Å²) < 4.78 is 11.3. The van der Waals surface area contributed by atoms with Crippen LogP contribution in [0, 0.1) is 6.92 Å². The Bertz CT molecular complexity index is 1110. The molecule has 3 aromatic carbocycles. The zero-order valence-electron chi connectivity index (χ0n) is 15.8. The van der Waals surface area contributed by atoms with Crippen LogP contribution in [0.2, 0.25) is 0 Å². The molecule has 29 heavy (non-hydrogen) atoms. The lowest BCUT2D eigenvalue weighted by Gasteiger charge is -2.07.